The molecule has 0 saturated carbocycles. The second-order valence-electron chi connectivity index (χ2n) is 9.13. The Morgan fingerprint density at radius 1 is 0.811 bits per heavy atom. The van der Waals surface area contributed by atoms with Crippen LogP contribution in [-0.2, 0) is 16.6 Å². The predicted molar refractivity (Wildman–Crippen MR) is 147 cm³/mol. The molecule has 0 unspecified atom stereocenters. The Labute approximate surface area is 216 Å². The Morgan fingerprint density at radius 2 is 1.46 bits per heavy atom. The van der Waals surface area contributed by atoms with Gasteiger partial charge in [-0.15, -0.1) is 0 Å². The average Bonchev–Trinajstić information content (AvgIpc) is 2.90. The van der Waals surface area contributed by atoms with Crippen LogP contribution in [0.4, 0.5) is 0 Å². The van der Waals surface area contributed by atoms with E-state index in [4.69, 9.17) is 4.98 Å². The van der Waals surface area contributed by atoms with E-state index >= 15 is 0 Å². The highest BCUT2D eigenvalue weighted by atomic mass is 32.2. The molecule has 0 atom stereocenters. The summed E-state index contributed by atoms with van der Waals surface area (Å²) in [5.41, 5.74) is 4.90. The van der Waals surface area contributed by atoms with Crippen LogP contribution in [0.15, 0.2) is 107 Å². The molecule has 1 aromatic heterocycles. The Morgan fingerprint density at radius 3 is 2.16 bits per heavy atom. The molecule has 5 aromatic rings. The quantitative estimate of drug-likeness (QED) is 0.303. The molecule has 37 heavy (non-hydrogen) atoms. The van der Waals surface area contributed by atoms with Gasteiger partial charge in [0.15, 0.2) is 0 Å². The Balaban J connectivity index is 1.56. The van der Waals surface area contributed by atoms with Crippen LogP contribution in [-0.4, -0.2) is 29.3 Å². The van der Waals surface area contributed by atoms with Crippen molar-refractivity contribution in [1.82, 2.24) is 13.9 Å². The SMILES string of the molecule is Cc1ccc(-n2c(CN(C)S(=O)(=O)c3ccc(-c4ccccc4)cc3)nc3ccccc3c2=O)c(C)c1. The lowest BCUT2D eigenvalue weighted by molar-refractivity contribution is 0.452. The van der Waals surface area contributed by atoms with Crippen LogP contribution < -0.4 is 5.56 Å². The molecule has 0 N–H and O–H groups in total. The number of benzene rings is 4. The zero-order chi connectivity index (χ0) is 26.2. The molecule has 0 aliphatic rings. The second-order valence-corrected chi connectivity index (χ2v) is 11.2. The molecule has 0 fully saturated rings. The third-order valence-electron chi connectivity index (χ3n) is 6.47. The fourth-order valence-corrected chi connectivity index (χ4v) is 5.63. The van der Waals surface area contributed by atoms with E-state index in [9.17, 15) is 13.2 Å². The smallest absolute Gasteiger partial charge is 0.266 e. The third-order valence-corrected chi connectivity index (χ3v) is 8.29. The number of nitrogens with zero attached hydrogens (tertiary/aromatic N) is 3. The monoisotopic (exact) mass is 509 g/mol. The van der Waals surface area contributed by atoms with E-state index in [1.807, 2.05) is 68.4 Å². The minimum Gasteiger partial charge on any atom is -0.268 e. The summed E-state index contributed by atoms with van der Waals surface area (Å²) < 4.78 is 29.8. The summed E-state index contributed by atoms with van der Waals surface area (Å²) in [4.78, 5) is 18.5. The van der Waals surface area contributed by atoms with Gasteiger partial charge in [0.05, 0.1) is 28.0 Å². The predicted octanol–water partition coefficient (Wildman–Crippen LogP) is 5.49. The van der Waals surface area contributed by atoms with Gasteiger partial charge in [-0.05, 0) is 60.9 Å². The number of aromatic nitrogens is 2. The van der Waals surface area contributed by atoms with E-state index in [0.29, 0.717) is 22.4 Å². The Kier molecular flexibility index (Phi) is 6.50. The topological polar surface area (TPSA) is 72.3 Å². The Bertz CT molecular complexity index is 1760. The summed E-state index contributed by atoms with van der Waals surface area (Å²) in [6, 6.07) is 29.5. The molecule has 0 saturated heterocycles. The molecule has 0 aliphatic heterocycles. The van der Waals surface area contributed by atoms with Gasteiger partial charge >= 0.3 is 0 Å². The van der Waals surface area contributed by atoms with Crippen molar-refractivity contribution in [2.75, 3.05) is 7.05 Å². The van der Waals surface area contributed by atoms with Crippen molar-refractivity contribution in [2.24, 2.45) is 0 Å². The lowest BCUT2D eigenvalue weighted by Crippen LogP contribution is -2.32. The van der Waals surface area contributed by atoms with Gasteiger partial charge in [-0.2, -0.15) is 4.31 Å². The van der Waals surface area contributed by atoms with E-state index in [1.165, 1.54) is 15.9 Å². The summed E-state index contributed by atoms with van der Waals surface area (Å²) in [5.74, 6) is 0.350. The first kappa shape index (κ1) is 24.6. The largest absolute Gasteiger partial charge is 0.268 e. The van der Waals surface area contributed by atoms with Gasteiger partial charge in [-0.3, -0.25) is 9.36 Å². The molecule has 0 bridgehead atoms. The fourth-order valence-electron chi connectivity index (χ4n) is 4.50. The van der Waals surface area contributed by atoms with Crippen LogP contribution in [0.5, 0.6) is 0 Å². The van der Waals surface area contributed by atoms with E-state index in [0.717, 1.165) is 22.3 Å². The van der Waals surface area contributed by atoms with Gasteiger partial charge in [0.25, 0.3) is 5.56 Å². The number of para-hydroxylation sites is 1. The number of aryl methyl sites for hydroxylation is 2. The molecule has 186 valence electrons. The van der Waals surface area contributed by atoms with Crippen LogP contribution in [0.3, 0.4) is 0 Å². The van der Waals surface area contributed by atoms with Crippen molar-refractivity contribution < 1.29 is 8.42 Å². The summed E-state index contributed by atoms with van der Waals surface area (Å²) in [6.45, 7) is 3.85. The number of fused-ring (bicyclic) bond motifs is 1. The maximum absolute atomic E-state index is 13.6. The highest BCUT2D eigenvalue weighted by Crippen LogP contribution is 2.24. The normalized spacial score (nSPS) is 11.8. The van der Waals surface area contributed by atoms with Crippen molar-refractivity contribution in [1.29, 1.82) is 0 Å². The van der Waals surface area contributed by atoms with Gasteiger partial charge in [0.2, 0.25) is 10.0 Å². The van der Waals surface area contributed by atoms with Crippen molar-refractivity contribution >= 4 is 20.9 Å². The molecule has 5 rings (SSSR count). The zero-order valence-electron chi connectivity index (χ0n) is 20.9. The van der Waals surface area contributed by atoms with Crippen LogP contribution in [0.2, 0.25) is 0 Å². The van der Waals surface area contributed by atoms with E-state index < -0.39 is 10.0 Å². The van der Waals surface area contributed by atoms with Gasteiger partial charge in [-0.25, -0.2) is 13.4 Å². The molecular weight excluding hydrogens is 482 g/mol. The highest BCUT2D eigenvalue weighted by molar-refractivity contribution is 7.89. The van der Waals surface area contributed by atoms with Crippen molar-refractivity contribution in [2.45, 2.75) is 25.3 Å². The van der Waals surface area contributed by atoms with Crippen molar-refractivity contribution in [3.63, 3.8) is 0 Å². The molecule has 7 heteroatoms. The number of hydrogen-bond donors (Lipinski definition) is 0. The van der Waals surface area contributed by atoms with Crippen molar-refractivity contribution in [3.8, 4) is 16.8 Å². The fraction of sp³-hybridized carbons (Fsp3) is 0.133. The van der Waals surface area contributed by atoms with Crippen LogP contribution in [0, 0.1) is 13.8 Å². The van der Waals surface area contributed by atoms with Crippen LogP contribution in [0.25, 0.3) is 27.7 Å². The van der Waals surface area contributed by atoms with E-state index in [1.54, 1.807) is 42.5 Å². The first-order chi connectivity index (χ1) is 17.8. The minimum atomic E-state index is -3.84. The molecule has 0 spiro atoms. The number of sulfonamides is 1. The zero-order valence-corrected chi connectivity index (χ0v) is 21.7. The lowest BCUT2D eigenvalue weighted by Gasteiger charge is -2.21. The molecular formula is C30H27N3O3S. The van der Waals surface area contributed by atoms with E-state index in [-0.39, 0.29) is 17.0 Å². The maximum Gasteiger partial charge on any atom is 0.266 e. The highest BCUT2D eigenvalue weighted by Gasteiger charge is 2.24. The van der Waals surface area contributed by atoms with Crippen LogP contribution in [0.1, 0.15) is 17.0 Å². The number of hydrogen-bond acceptors (Lipinski definition) is 4. The lowest BCUT2D eigenvalue weighted by atomic mass is 10.1. The number of rotatable bonds is 6. The van der Waals surface area contributed by atoms with Gasteiger partial charge in [0, 0.05) is 7.05 Å². The van der Waals surface area contributed by atoms with Crippen molar-refractivity contribution in [3.05, 3.63) is 124 Å². The summed E-state index contributed by atoms with van der Waals surface area (Å²) in [5, 5.41) is 0.480. The molecule has 4 aromatic carbocycles. The molecule has 6 nitrogen and oxygen atoms in total. The first-order valence-corrected chi connectivity index (χ1v) is 13.4. The standard InChI is InChI=1S/C30H27N3O3S/c1-21-13-18-28(22(2)19-21)33-29(31-27-12-8-7-11-26(27)30(33)34)20-32(3)37(35,36)25-16-14-24(15-17-25)23-9-5-4-6-10-23/h4-19H,20H2,1-3H3. The minimum absolute atomic E-state index is 0.0733. The molecule has 0 amide bonds. The Hall–Kier alpha value is -4.07. The van der Waals surface area contributed by atoms with Gasteiger partial charge in [-0.1, -0.05) is 72.3 Å². The van der Waals surface area contributed by atoms with E-state index in [2.05, 4.69) is 0 Å². The summed E-state index contributed by atoms with van der Waals surface area (Å²) in [6.07, 6.45) is 0. The third kappa shape index (κ3) is 4.71. The maximum atomic E-state index is 13.6. The molecule has 1 heterocycles. The summed E-state index contributed by atoms with van der Waals surface area (Å²) in [7, 11) is -2.33. The average molecular weight is 510 g/mol. The van der Waals surface area contributed by atoms with Crippen LogP contribution >= 0.6 is 0 Å². The molecule has 0 aliphatic carbocycles. The first-order valence-electron chi connectivity index (χ1n) is 12.0. The second kappa shape index (κ2) is 9.76. The summed E-state index contributed by atoms with van der Waals surface area (Å²) >= 11 is 0. The van der Waals surface area contributed by atoms with Gasteiger partial charge in [0.1, 0.15) is 5.82 Å². The molecule has 0 radical (unpaired) electrons. The van der Waals surface area contributed by atoms with Gasteiger partial charge < -0.3 is 0 Å².